The second-order valence-corrected chi connectivity index (χ2v) is 16.5. The fourth-order valence-corrected chi connectivity index (χ4v) is 7.62. The number of carbonyl (C=O) groups excluding carboxylic acids is 1. The summed E-state index contributed by atoms with van der Waals surface area (Å²) in [5.74, 6) is -0.276. The second kappa shape index (κ2) is 30.3. The molecule has 3 aliphatic heterocycles. The van der Waals surface area contributed by atoms with Crippen molar-refractivity contribution in [2.24, 2.45) is 0 Å². The maximum atomic E-state index is 13.0. The highest BCUT2D eigenvalue weighted by Crippen LogP contribution is 2.33. The van der Waals surface area contributed by atoms with Gasteiger partial charge in [0.1, 0.15) is 73.2 Å². The van der Waals surface area contributed by atoms with Gasteiger partial charge in [0.25, 0.3) is 0 Å². The number of allylic oxidation sites excluding steroid dienone is 6. The van der Waals surface area contributed by atoms with Gasteiger partial charge in [-0.3, -0.25) is 4.79 Å². The molecule has 366 valence electrons. The molecule has 0 spiro atoms. The van der Waals surface area contributed by atoms with Gasteiger partial charge >= 0.3 is 0 Å². The summed E-state index contributed by atoms with van der Waals surface area (Å²) in [6, 6.07) is -0.890. The summed E-state index contributed by atoms with van der Waals surface area (Å²) in [5, 5.41) is 119. The lowest BCUT2D eigenvalue weighted by Gasteiger charge is -2.48. The Labute approximate surface area is 370 Å². The van der Waals surface area contributed by atoms with Gasteiger partial charge in [-0.05, 0) is 44.9 Å². The van der Waals surface area contributed by atoms with Crippen LogP contribution in [0.25, 0.3) is 0 Å². The van der Waals surface area contributed by atoms with Crippen molar-refractivity contribution in [3.05, 3.63) is 36.5 Å². The molecule has 0 aromatic carbocycles. The van der Waals surface area contributed by atoms with Crippen molar-refractivity contribution in [3.63, 3.8) is 0 Å². The van der Waals surface area contributed by atoms with Crippen molar-refractivity contribution in [3.8, 4) is 0 Å². The van der Waals surface area contributed by atoms with E-state index in [2.05, 4.69) is 48.7 Å². The first kappa shape index (κ1) is 55.3. The lowest BCUT2D eigenvalue weighted by atomic mass is 9.96. The van der Waals surface area contributed by atoms with Gasteiger partial charge in [0, 0.05) is 6.42 Å². The van der Waals surface area contributed by atoms with E-state index in [0.717, 1.165) is 64.2 Å². The standard InChI is InChI=1S/C44H77NO18/c1-3-5-7-8-9-10-11-12-13-14-15-16-17-18-20-22-32(50)45-27(28(49)21-19-6-4-2)26-58-42-38(56)35(53)40(30(24-47)60-42)63-44-39(57)36(54)41(31(25-48)61-44)62-43-37(55)34(52)33(51)29(23-46)59-43/h5,7,9-10,12-13,27-31,33-44,46-49,51-57H,3-4,6,8,11,14-26H2,1-2H3,(H,45,50)/b7-5-,10-9-,13-12-. The number of amides is 1. The maximum Gasteiger partial charge on any atom is 0.220 e. The largest absolute Gasteiger partial charge is 0.394 e. The number of aliphatic hydroxyl groups excluding tert-OH is 11. The van der Waals surface area contributed by atoms with Crippen LogP contribution in [-0.4, -0.2) is 193 Å². The minimum absolute atomic E-state index is 0.242. The molecule has 17 atom stereocenters. The fourth-order valence-electron chi connectivity index (χ4n) is 7.62. The van der Waals surface area contributed by atoms with Crippen LogP contribution >= 0.6 is 0 Å². The van der Waals surface area contributed by atoms with Crippen molar-refractivity contribution in [1.29, 1.82) is 0 Å². The molecule has 3 heterocycles. The summed E-state index contributed by atoms with van der Waals surface area (Å²) in [4.78, 5) is 13.0. The van der Waals surface area contributed by atoms with Gasteiger partial charge in [-0.25, -0.2) is 0 Å². The fraction of sp³-hybridized carbons (Fsp3) is 0.841. The minimum atomic E-state index is -1.97. The topological polar surface area (TPSA) is 307 Å². The van der Waals surface area contributed by atoms with Crippen LogP contribution in [0.5, 0.6) is 0 Å². The molecule has 0 radical (unpaired) electrons. The van der Waals surface area contributed by atoms with Crippen LogP contribution in [-0.2, 0) is 33.2 Å². The zero-order chi connectivity index (χ0) is 46.3. The predicted octanol–water partition coefficient (Wildman–Crippen LogP) is -0.533. The summed E-state index contributed by atoms with van der Waals surface area (Å²) < 4.78 is 33.8. The summed E-state index contributed by atoms with van der Waals surface area (Å²) in [6.07, 6.45) is -1.85. The van der Waals surface area contributed by atoms with Gasteiger partial charge in [-0.1, -0.05) is 88.8 Å². The van der Waals surface area contributed by atoms with Crippen LogP contribution in [0.1, 0.15) is 104 Å². The highest BCUT2D eigenvalue weighted by molar-refractivity contribution is 5.76. The minimum Gasteiger partial charge on any atom is -0.394 e. The highest BCUT2D eigenvalue weighted by Gasteiger charge is 2.53. The average molecular weight is 908 g/mol. The number of carbonyl (C=O) groups is 1. The molecule has 0 aromatic rings. The molecular weight excluding hydrogens is 830 g/mol. The molecule has 0 aromatic heterocycles. The quantitative estimate of drug-likeness (QED) is 0.0332. The van der Waals surface area contributed by atoms with Crippen molar-refractivity contribution >= 4 is 5.91 Å². The average Bonchev–Trinajstić information content (AvgIpc) is 3.28. The molecular formula is C44H77NO18. The van der Waals surface area contributed by atoms with E-state index in [9.17, 15) is 61.0 Å². The van der Waals surface area contributed by atoms with Crippen molar-refractivity contribution in [2.75, 3.05) is 26.4 Å². The van der Waals surface area contributed by atoms with E-state index >= 15 is 0 Å². The van der Waals surface area contributed by atoms with Gasteiger partial charge in [0.15, 0.2) is 18.9 Å². The third-order valence-corrected chi connectivity index (χ3v) is 11.5. The first-order chi connectivity index (χ1) is 30.3. The van der Waals surface area contributed by atoms with Gasteiger partial charge in [-0.15, -0.1) is 0 Å². The zero-order valence-corrected chi connectivity index (χ0v) is 36.8. The lowest BCUT2D eigenvalue weighted by Crippen LogP contribution is -2.66. The second-order valence-electron chi connectivity index (χ2n) is 16.5. The van der Waals surface area contributed by atoms with Crippen LogP contribution in [0.15, 0.2) is 36.5 Å². The van der Waals surface area contributed by atoms with Crippen molar-refractivity contribution < 1.29 is 89.4 Å². The summed E-state index contributed by atoms with van der Waals surface area (Å²) in [5.41, 5.74) is 0. The van der Waals surface area contributed by atoms with Crippen molar-refractivity contribution in [1.82, 2.24) is 5.32 Å². The van der Waals surface area contributed by atoms with Crippen LogP contribution in [0.2, 0.25) is 0 Å². The maximum absolute atomic E-state index is 13.0. The first-order valence-corrected chi connectivity index (χ1v) is 22.7. The van der Waals surface area contributed by atoms with E-state index in [0.29, 0.717) is 19.3 Å². The van der Waals surface area contributed by atoms with Crippen LogP contribution in [0, 0.1) is 0 Å². The number of hydrogen-bond acceptors (Lipinski definition) is 18. The molecule has 1 amide bonds. The molecule has 3 fully saturated rings. The Kier molecular flexibility index (Phi) is 26.6. The predicted molar refractivity (Wildman–Crippen MR) is 226 cm³/mol. The Hall–Kier alpha value is -1.99. The molecule has 3 aliphatic rings. The third kappa shape index (κ3) is 17.6. The number of hydrogen-bond donors (Lipinski definition) is 12. The molecule has 19 nitrogen and oxygen atoms in total. The third-order valence-electron chi connectivity index (χ3n) is 11.5. The highest BCUT2D eigenvalue weighted by atomic mass is 16.8. The van der Waals surface area contributed by atoms with Crippen LogP contribution in [0.3, 0.4) is 0 Å². The van der Waals surface area contributed by atoms with Crippen LogP contribution in [0.4, 0.5) is 0 Å². The number of aliphatic hydroxyl groups is 11. The van der Waals surface area contributed by atoms with E-state index < -0.39 is 124 Å². The first-order valence-electron chi connectivity index (χ1n) is 22.7. The van der Waals surface area contributed by atoms with Crippen molar-refractivity contribution in [2.45, 2.75) is 208 Å². The Morgan fingerprint density at radius 2 is 1.10 bits per heavy atom. The Bertz CT molecular complexity index is 1320. The number of unbranched alkanes of at least 4 members (excludes halogenated alkanes) is 7. The van der Waals surface area contributed by atoms with E-state index in [1.807, 2.05) is 6.92 Å². The molecule has 63 heavy (non-hydrogen) atoms. The van der Waals surface area contributed by atoms with Gasteiger partial charge in [-0.2, -0.15) is 0 Å². The molecule has 17 unspecified atom stereocenters. The number of rotatable bonds is 29. The summed E-state index contributed by atoms with van der Waals surface area (Å²) >= 11 is 0. The Morgan fingerprint density at radius 1 is 0.587 bits per heavy atom. The van der Waals surface area contributed by atoms with E-state index in [4.69, 9.17) is 28.4 Å². The number of nitrogens with one attached hydrogen (secondary N) is 1. The molecule has 3 rings (SSSR count). The normalized spacial score (nSPS) is 35.2. The van der Waals surface area contributed by atoms with E-state index in [1.165, 1.54) is 0 Å². The molecule has 12 N–H and O–H groups in total. The van der Waals surface area contributed by atoms with Gasteiger partial charge in [0.05, 0.1) is 38.6 Å². The summed E-state index contributed by atoms with van der Waals surface area (Å²) in [6.45, 7) is 1.41. The van der Waals surface area contributed by atoms with E-state index in [-0.39, 0.29) is 18.9 Å². The zero-order valence-electron chi connectivity index (χ0n) is 36.8. The Balaban J connectivity index is 1.51. The number of ether oxygens (including phenoxy) is 6. The molecule has 0 aliphatic carbocycles. The molecule has 19 heteroatoms. The van der Waals surface area contributed by atoms with Gasteiger partial charge < -0.3 is 89.9 Å². The molecule has 3 saturated heterocycles. The smallest absolute Gasteiger partial charge is 0.220 e. The SMILES string of the molecule is CC/C=C\C/C=C\C/C=C\CCCCCCCC(=O)NC(COC1OC(CO)C(OC2OC(CO)C(OC3OC(CO)C(O)C(O)C3O)C(O)C2O)C(O)C1O)C(O)CCCCC. The lowest BCUT2D eigenvalue weighted by molar-refractivity contribution is -0.379. The molecule has 0 bridgehead atoms. The van der Waals surface area contributed by atoms with E-state index in [1.54, 1.807) is 0 Å². The van der Waals surface area contributed by atoms with Gasteiger partial charge in [0.2, 0.25) is 5.91 Å². The monoisotopic (exact) mass is 908 g/mol. The van der Waals surface area contributed by atoms with Crippen LogP contribution < -0.4 is 5.32 Å². The summed E-state index contributed by atoms with van der Waals surface area (Å²) in [7, 11) is 0. The Morgan fingerprint density at radius 3 is 1.68 bits per heavy atom. The molecule has 0 saturated carbocycles.